The summed E-state index contributed by atoms with van der Waals surface area (Å²) >= 11 is 0. The average Bonchev–Trinajstić information content (AvgIpc) is 3.29. The first-order valence-electron chi connectivity index (χ1n) is 9.15. The Kier molecular flexibility index (Phi) is 4.76. The van der Waals surface area contributed by atoms with Gasteiger partial charge >= 0.3 is 6.18 Å². The molecule has 1 N–H and O–H groups in total. The predicted molar refractivity (Wildman–Crippen MR) is 104 cm³/mol. The first-order chi connectivity index (χ1) is 14.3. The fourth-order valence-corrected chi connectivity index (χ4v) is 3.27. The highest BCUT2D eigenvalue weighted by molar-refractivity contribution is 6.03. The Hall–Kier alpha value is -3.69. The molecule has 0 atom stereocenters. The van der Waals surface area contributed by atoms with E-state index < -0.39 is 17.6 Å². The number of carbonyl (C=O) groups excluding carboxylic acids is 1. The average molecular weight is 414 g/mol. The fourth-order valence-electron chi connectivity index (χ4n) is 3.27. The van der Waals surface area contributed by atoms with Crippen LogP contribution in [0.15, 0.2) is 48.7 Å². The van der Waals surface area contributed by atoms with Crippen LogP contribution in [0.1, 0.15) is 28.7 Å². The standard InChI is InChI=1S/C20H17F3N6O/c1-3-28-16(10-11-24-28)26-19(30)18-12(2)25-17-9-8-15(27-29(17)18)13-6-4-5-7-14(13)20(21,22)23/h4-11H,3H2,1-2H3,(H,26,30). The first kappa shape index (κ1) is 19.6. The van der Waals surface area contributed by atoms with Crippen molar-refractivity contribution in [2.45, 2.75) is 26.6 Å². The number of nitrogens with one attached hydrogen (secondary N) is 1. The van der Waals surface area contributed by atoms with Crippen LogP contribution in [0.3, 0.4) is 0 Å². The second-order valence-corrected chi connectivity index (χ2v) is 6.56. The van der Waals surface area contributed by atoms with Crippen molar-refractivity contribution in [3.05, 3.63) is 65.6 Å². The number of aryl methyl sites for hydroxylation is 2. The number of hydrogen-bond donors (Lipinski definition) is 1. The van der Waals surface area contributed by atoms with Crippen molar-refractivity contribution in [2.24, 2.45) is 0 Å². The van der Waals surface area contributed by atoms with E-state index in [2.05, 4.69) is 20.5 Å². The summed E-state index contributed by atoms with van der Waals surface area (Å²) in [4.78, 5) is 17.2. The normalized spacial score (nSPS) is 11.8. The largest absolute Gasteiger partial charge is 0.417 e. The molecule has 4 rings (SSSR count). The maximum Gasteiger partial charge on any atom is 0.417 e. The molecule has 0 aliphatic rings. The van der Waals surface area contributed by atoms with Crippen molar-refractivity contribution in [1.29, 1.82) is 0 Å². The number of carbonyl (C=O) groups is 1. The Morgan fingerprint density at radius 3 is 2.63 bits per heavy atom. The lowest BCUT2D eigenvalue weighted by Crippen LogP contribution is -2.19. The van der Waals surface area contributed by atoms with E-state index in [-0.39, 0.29) is 17.0 Å². The molecule has 30 heavy (non-hydrogen) atoms. The maximum absolute atomic E-state index is 13.4. The van der Waals surface area contributed by atoms with Gasteiger partial charge in [0.15, 0.2) is 11.3 Å². The third kappa shape index (κ3) is 3.40. The van der Waals surface area contributed by atoms with Crippen LogP contribution in [0.25, 0.3) is 16.9 Å². The Bertz CT molecular complexity index is 1240. The summed E-state index contributed by atoms with van der Waals surface area (Å²) < 4.78 is 43.1. The van der Waals surface area contributed by atoms with Crippen molar-refractivity contribution >= 4 is 17.4 Å². The molecular weight excluding hydrogens is 397 g/mol. The maximum atomic E-state index is 13.4. The van der Waals surface area contributed by atoms with Crippen LogP contribution >= 0.6 is 0 Å². The van der Waals surface area contributed by atoms with Crippen LogP contribution < -0.4 is 5.32 Å². The Labute approximate surface area is 169 Å². The third-order valence-electron chi connectivity index (χ3n) is 4.63. The van der Waals surface area contributed by atoms with E-state index in [1.807, 2.05) is 6.92 Å². The Morgan fingerprint density at radius 1 is 1.13 bits per heavy atom. The van der Waals surface area contributed by atoms with Gasteiger partial charge in [-0.15, -0.1) is 0 Å². The number of benzene rings is 1. The first-order valence-corrected chi connectivity index (χ1v) is 9.15. The molecule has 7 nitrogen and oxygen atoms in total. The quantitative estimate of drug-likeness (QED) is 0.543. The number of fused-ring (bicyclic) bond motifs is 1. The molecule has 1 aromatic carbocycles. The van der Waals surface area contributed by atoms with Crippen LogP contribution in [0.5, 0.6) is 0 Å². The number of hydrogen-bond acceptors (Lipinski definition) is 4. The van der Waals surface area contributed by atoms with Crippen LogP contribution in [-0.4, -0.2) is 30.3 Å². The SMILES string of the molecule is CCn1nccc1NC(=O)c1c(C)nc2ccc(-c3ccccc3C(F)(F)F)nn12. The number of imidazole rings is 1. The summed E-state index contributed by atoms with van der Waals surface area (Å²) in [5.41, 5.74) is 0.111. The number of aromatic nitrogens is 5. The van der Waals surface area contributed by atoms with Gasteiger partial charge in [0.2, 0.25) is 0 Å². The molecule has 4 aromatic rings. The summed E-state index contributed by atoms with van der Waals surface area (Å²) in [5.74, 6) is 0.0133. The Morgan fingerprint density at radius 2 is 1.90 bits per heavy atom. The molecule has 10 heteroatoms. The number of nitrogens with zero attached hydrogens (tertiary/aromatic N) is 5. The smallest absolute Gasteiger partial charge is 0.305 e. The monoisotopic (exact) mass is 414 g/mol. The van der Waals surface area contributed by atoms with Gasteiger partial charge in [-0.1, -0.05) is 18.2 Å². The second kappa shape index (κ2) is 7.29. The van der Waals surface area contributed by atoms with Gasteiger partial charge < -0.3 is 5.32 Å². The molecule has 1 amide bonds. The summed E-state index contributed by atoms with van der Waals surface area (Å²) in [5, 5.41) is 11.2. The van der Waals surface area contributed by atoms with Gasteiger partial charge in [-0.25, -0.2) is 14.2 Å². The van der Waals surface area contributed by atoms with E-state index in [1.54, 1.807) is 23.9 Å². The number of alkyl halides is 3. The predicted octanol–water partition coefficient (Wildman–Crippen LogP) is 4.19. The lowest BCUT2D eigenvalue weighted by atomic mass is 10.0. The lowest BCUT2D eigenvalue weighted by molar-refractivity contribution is -0.137. The van der Waals surface area contributed by atoms with Gasteiger partial charge in [-0.05, 0) is 32.0 Å². The molecule has 0 saturated carbocycles. The highest BCUT2D eigenvalue weighted by Crippen LogP contribution is 2.36. The van der Waals surface area contributed by atoms with Crippen molar-refractivity contribution in [1.82, 2.24) is 24.4 Å². The Balaban J connectivity index is 1.80. The van der Waals surface area contributed by atoms with E-state index >= 15 is 0 Å². The van der Waals surface area contributed by atoms with E-state index in [9.17, 15) is 18.0 Å². The van der Waals surface area contributed by atoms with E-state index in [1.165, 1.54) is 34.8 Å². The number of rotatable bonds is 4. The van der Waals surface area contributed by atoms with Gasteiger partial charge in [0.25, 0.3) is 5.91 Å². The minimum atomic E-state index is -4.53. The van der Waals surface area contributed by atoms with Gasteiger partial charge in [0.1, 0.15) is 5.82 Å². The van der Waals surface area contributed by atoms with Crippen molar-refractivity contribution in [2.75, 3.05) is 5.32 Å². The number of anilines is 1. The van der Waals surface area contributed by atoms with Gasteiger partial charge in [0.05, 0.1) is 23.1 Å². The molecule has 3 aromatic heterocycles. The van der Waals surface area contributed by atoms with Crippen LogP contribution in [0, 0.1) is 6.92 Å². The van der Waals surface area contributed by atoms with Crippen molar-refractivity contribution < 1.29 is 18.0 Å². The molecule has 0 saturated heterocycles. The van der Waals surface area contributed by atoms with Gasteiger partial charge in [0, 0.05) is 18.2 Å². The zero-order chi connectivity index (χ0) is 21.5. The highest BCUT2D eigenvalue weighted by atomic mass is 19.4. The molecule has 0 aliphatic carbocycles. The molecule has 154 valence electrons. The molecule has 3 heterocycles. The summed E-state index contributed by atoms with van der Waals surface area (Å²) in [6.45, 7) is 4.09. The summed E-state index contributed by atoms with van der Waals surface area (Å²) in [6.07, 6.45) is -2.97. The number of halogens is 3. The zero-order valence-corrected chi connectivity index (χ0v) is 16.1. The summed E-state index contributed by atoms with van der Waals surface area (Å²) in [7, 11) is 0. The molecule has 0 fully saturated rings. The van der Waals surface area contributed by atoms with E-state index in [0.29, 0.717) is 23.7 Å². The van der Waals surface area contributed by atoms with Crippen molar-refractivity contribution in [3.8, 4) is 11.3 Å². The van der Waals surface area contributed by atoms with Crippen LogP contribution in [0.2, 0.25) is 0 Å². The molecule has 0 bridgehead atoms. The van der Waals surface area contributed by atoms with E-state index in [0.717, 1.165) is 6.07 Å². The molecule has 0 aliphatic heterocycles. The minimum absolute atomic E-state index is 0.0753. The van der Waals surface area contributed by atoms with Gasteiger partial charge in [-0.2, -0.15) is 23.4 Å². The highest BCUT2D eigenvalue weighted by Gasteiger charge is 2.34. The third-order valence-corrected chi connectivity index (χ3v) is 4.63. The minimum Gasteiger partial charge on any atom is -0.305 e. The zero-order valence-electron chi connectivity index (χ0n) is 16.1. The molecular formula is C20H17F3N6O. The van der Waals surface area contributed by atoms with Crippen LogP contribution in [-0.2, 0) is 12.7 Å². The molecule has 0 unspecified atom stereocenters. The van der Waals surface area contributed by atoms with Crippen LogP contribution in [0.4, 0.5) is 19.0 Å². The summed E-state index contributed by atoms with van der Waals surface area (Å²) in [6, 6.07) is 9.82. The molecule has 0 spiro atoms. The second-order valence-electron chi connectivity index (χ2n) is 6.56. The van der Waals surface area contributed by atoms with Crippen molar-refractivity contribution in [3.63, 3.8) is 0 Å². The lowest BCUT2D eigenvalue weighted by Gasteiger charge is -2.12. The number of amides is 1. The van der Waals surface area contributed by atoms with E-state index in [4.69, 9.17) is 0 Å². The molecule has 0 radical (unpaired) electrons. The topological polar surface area (TPSA) is 77.1 Å². The van der Waals surface area contributed by atoms with Gasteiger partial charge in [-0.3, -0.25) is 4.79 Å². The fraction of sp³-hybridized carbons (Fsp3) is 0.200.